The number of carbonyl (C=O) groups is 1. The van der Waals surface area contributed by atoms with Crippen LogP contribution >= 0.6 is 0 Å². The van der Waals surface area contributed by atoms with Crippen LogP contribution < -0.4 is 5.32 Å². The lowest BCUT2D eigenvalue weighted by molar-refractivity contribution is -0.00761. The number of hydrogen-bond donors (Lipinski definition) is 2. The smallest absolute Gasteiger partial charge is 0.318 e. The van der Waals surface area contributed by atoms with E-state index >= 15 is 0 Å². The van der Waals surface area contributed by atoms with Crippen molar-refractivity contribution in [3.8, 4) is 0 Å². The van der Waals surface area contributed by atoms with Gasteiger partial charge in [-0.15, -0.1) is 0 Å². The van der Waals surface area contributed by atoms with Gasteiger partial charge in [-0.25, -0.2) is 4.79 Å². The number of morpholine rings is 1. The van der Waals surface area contributed by atoms with Crippen LogP contribution in [0.5, 0.6) is 0 Å². The zero-order valence-electron chi connectivity index (χ0n) is 14.2. The number of carbonyl (C=O) groups excluding carboxylic acids is 1. The Hall–Kier alpha value is -1.59. The summed E-state index contributed by atoms with van der Waals surface area (Å²) < 4.78 is 5.56. The highest BCUT2D eigenvalue weighted by molar-refractivity contribution is 5.75. The summed E-state index contributed by atoms with van der Waals surface area (Å²) in [5.41, 5.74) is 0.885. The van der Waals surface area contributed by atoms with Crippen LogP contribution in [0.15, 0.2) is 30.3 Å². The minimum atomic E-state index is -0.581. The molecule has 132 valence electrons. The van der Waals surface area contributed by atoms with E-state index in [0.29, 0.717) is 32.2 Å². The molecule has 0 aromatic heterocycles. The van der Waals surface area contributed by atoms with Gasteiger partial charge in [0.1, 0.15) is 0 Å². The van der Waals surface area contributed by atoms with Gasteiger partial charge in [0.15, 0.2) is 0 Å². The van der Waals surface area contributed by atoms with Gasteiger partial charge >= 0.3 is 6.03 Å². The number of rotatable bonds is 4. The van der Waals surface area contributed by atoms with Crippen LogP contribution in [0, 0.1) is 0 Å². The highest BCUT2D eigenvalue weighted by Crippen LogP contribution is 2.23. The molecule has 1 aromatic rings. The number of amides is 2. The number of aliphatic hydroxyl groups is 1. The van der Waals surface area contributed by atoms with Crippen molar-refractivity contribution in [2.45, 2.75) is 56.7 Å². The molecule has 0 spiro atoms. The van der Waals surface area contributed by atoms with Crippen molar-refractivity contribution in [1.82, 2.24) is 10.2 Å². The number of nitrogens with one attached hydrogen (secondary N) is 1. The Balaban J connectivity index is 1.59. The van der Waals surface area contributed by atoms with Gasteiger partial charge in [-0.05, 0) is 18.4 Å². The van der Waals surface area contributed by atoms with E-state index in [2.05, 4.69) is 5.32 Å². The minimum absolute atomic E-state index is 0.00420. The normalized spacial score (nSPS) is 23.7. The van der Waals surface area contributed by atoms with Gasteiger partial charge in [-0.2, -0.15) is 0 Å². The molecule has 1 aliphatic carbocycles. The standard InChI is InChI=1S/C19H28N2O3/c22-18(15-7-3-1-4-8-15)13-17-14-24-12-11-21(17)19(23)20-16-9-5-2-6-10-16/h1,3-4,7-8,16-18,22H,2,5-6,9-14H2,(H,20,23)/t17-,18+/m1/s1. The summed E-state index contributed by atoms with van der Waals surface area (Å²) in [5.74, 6) is 0. The molecule has 0 unspecified atom stereocenters. The zero-order chi connectivity index (χ0) is 16.8. The van der Waals surface area contributed by atoms with E-state index in [1.54, 1.807) is 0 Å². The molecule has 2 amide bonds. The molecule has 24 heavy (non-hydrogen) atoms. The van der Waals surface area contributed by atoms with Gasteiger partial charge < -0.3 is 20.1 Å². The van der Waals surface area contributed by atoms with Crippen LogP contribution in [0.1, 0.15) is 50.2 Å². The zero-order valence-corrected chi connectivity index (χ0v) is 14.2. The SMILES string of the molecule is O=C(NC1CCCCC1)N1CCOC[C@H]1C[C@H](O)c1ccccc1. The first-order chi connectivity index (χ1) is 11.7. The second kappa shape index (κ2) is 8.49. The monoisotopic (exact) mass is 332 g/mol. The Morgan fingerprint density at radius 1 is 1.25 bits per heavy atom. The number of hydrogen-bond acceptors (Lipinski definition) is 3. The van der Waals surface area contributed by atoms with Crippen molar-refractivity contribution in [3.63, 3.8) is 0 Å². The predicted molar refractivity (Wildman–Crippen MR) is 92.7 cm³/mol. The number of urea groups is 1. The molecule has 0 bridgehead atoms. The van der Waals surface area contributed by atoms with Crippen LogP contribution in [-0.4, -0.2) is 47.9 Å². The third-order valence-corrected chi connectivity index (χ3v) is 5.10. The fourth-order valence-corrected chi connectivity index (χ4v) is 3.69. The van der Waals surface area contributed by atoms with E-state index in [4.69, 9.17) is 4.74 Å². The molecule has 2 N–H and O–H groups in total. The Kier molecular flexibility index (Phi) is 6.10. The highest BCUT2D eigenvalue weighted by Gasteiger charge is 2.30. The van der Waals surface area contributed by atoms with Gasteiger partial charge in [0, 0.05) is 19.0 Å². The molecule has 3 rings (SSSR count). The fourth-order valence-electron chi connectivity index (χ4n) is 3.69. The fraction of sp³-hybridized carbons (Fsp3) is 0.632. The summed E-state index contributed by atoms with van der Waals surface area (Å²) in [6, 6.07) is 9.82. The van der Waals surface area contributed by atoms with E-state index in [1.807, 2.05) is 35.2 Å². The van der Waals surface area contributed by atoms with Gasteiger partial charge in [-0.1, -0.05) is 49.6 Å². The maximum Gasteiger partial charge on any atom is 0.318 e. The Bertz CT molecular complexity index is 517. The molecule has 2 aliphatic rings. The van der Waals surface area contributed by atoms with E-state index < -0.39 is 6.10 Å². The quantitative estimate of drug-likeness (QED) is 0.891. The summed E-state index contributed by atoms with van der Waals surface area (Å²) in [6.45, 7) is 1.64. The lowest BCUT2D eigenvalue weighted by atomic mass is 9.95. The number of ether oxygens (including phenoxy) is 1. The number of aliphatic hydroxyl groups excluding tert-OH is 1. The van der Waals surface area contributed by atoms with E-state index in [-0.39, 0.29) is 12.1 Å². The maximum absolute atomic E-state index is 12.7. The average Bonchev–Trinajstić information content (AvgIpc) is 2.63. The topological polar surface area (TPSA) is 61.8 Å². The second-order valence-electron chi connectivity index (χ2n) is 6.87. The Morgan fingerprint density at radius 3 is 2.75 bits per heavy atom. The molecule has 2 fully saturated rings. The average molecular weight is 332 g/mol. The van der Waals surface area contributed by atoms with Gasteiger partial charge in [0.25, 0.3) is 0 Å². The van der Waals surface area contributed by atoms with Crippen molar-refractivity contribution >= 4 is 6.03 Å². The van der Waals surface area contributed by atoms with Crippen LogP contribution in [-0.2, 0) is 4.74 Å². The molecule has 2 atom stereocenters. The molecule has 1 saturated heterocycles. The van der Waals surface area contributed by atoms with Crippen molar-refractivity contribution < 1.29 is 14.6 Å². The number of benzene rings is 1. The number of nitrogens with zero attached hydrogens (tertiary/aromatic N) is 1. The van der Waals surface area contributed by atoms with Gasteiger partial charge in [0.2, 0.25) is 0 Å². The first-order valence-corrected chi connectivity index (χ1v) is 9.12. The second-order valence-corrected chi connectivity index (χ2v) is 6.87. The van der Waals surface area contributed by atoms with Crippen LogP contribution in [0.3, 0.4) is 0 Å². The van der Waals surface area contributed by atoms with E-state index in [0.717, 1.165) is 18.4 Å². The van der Waals surface area contributed by atoms with Crippen LogP contribution in [0.2, 0.25) is 0 Å². The molecule has 1 aromatic carbocycles. The lowest BCUT2D eigenvalue weighted by Crippen LogP contribution is -2.54. The van der Waals surface area contributed by atoms with Gasteiger partial charge in [0.05, 0.1) is 25.4 Å². The lowest BCUT2D eigenvalue weighted by Gasteiger charge is -2.38. The molecular formula is C19H28N2O3. The maximum atomic E-state index is 12.7. The largest absolute Gasteiger partial charge is 0.388 e. The van der Waals surface area contributed by atoms with Crippen molar-refractivity contribution in [2.24, 2.45) is 0 Å². The summed E-state index contributed by atoms with van der Waals surface area (Å²) in [7, 11) is 0. The first-order valence-electron chi connectivity index (χ1n) is 9.12. The molecule has 5 nitrogen and oxygen atoms in total. The third kappa shape index (κ3) is 4.48. The molecular weight excluding hydrogens is 304 g/mol. The summed E-state index contributed by atoms with van der Waals surface area (Å²) in [6.07, 6.45) is 5.75. The van der Waals surface area contributed by atoms with Gasteiger partial charge in [-0.3, -0.25) is 0 Å². The van der Waals surface area contributed by atoms with E-state index in [9.17, 15) is 9.90 Å². The van der Waals surface area contributed by atoms with Crippen molar-refractivity contribution in [3.05, 3.63) is 35.9 Å². The molecule has 0 radical (unpaired) electrons. The molecule has 5 heteroatoms. The van der Waals surface area contributed by atoms with E-state index in [1.165, 1.54) is 19.3 Å². The first kappa shape index (κ1) is 17.2. The van der Waals surface area contributed by atoms with Crippen LogP contribution in [0.25, 0.3) is 0 Å². The summed E-state index contributed by atoms with van der Waals surface area (Å²) in [4.78, 5) is 14.5. The van der Waals surface area contributed by atoms with Crippen molar-refractivity contribution in [2.75, 3.05) is 19.8 Å². The molecule has 1 aliphatic heterocycles. The molecule has 1 heterocycles. The highest BCUT2D eigenvalue weighted by atomic mass is 16.5. The Labute approximate surface area is 144 Å². The third-order valence-electron chi connectivity index (χ3n) is 5.10. The predicted octanol–water partition coefficient (Wildman–Crippen LogP) is 2.85. The Morgan fingerprint density at radius 2 is 2.00 bits per heavy atom. The minimum Gasteiger partial charge on any atom is -0.388 e. The summed E-state index contributed by atoms with van der Waals surface area (Å²) in [5, 5.41) is 13.7. The van der Waals surface area contributed by atoms with Crippen molar-refractivity contribution in [1.29, 1.82) is 0 Å². The molecule has 1 saturated carbocycles. The van der Waals surface area contributed by atoms with Crippen LogP contribution in [0.4, 0.5) is 4.79 Å². The summed E-state index contributed by atoms with van der Waals surface area (Å²) >= 11 is 0.